The molecule has 1 aliphatic heterocycles. The molecule has 4 nitrogen and oxygen atoms in total. The van der Waals surface area contributed by atoms with Gasteiger partial charge in [-0.15, -0.1) is 0 Å². The van der Waals surface area contributed by atoms with Crippen molar-refractivity contribution in [1.82, 2.24) is 4.90 Å². The van der Waals surface area contributed by atoms with E-state index in [-0.39, 0.29) is 10.8 Å². The van der Waals surface area contributed by atoms with Crippen LogP contribution in [0.1, 0.15) is 35.7 Å². The predicted molar refractivity (Wildman–Crippen MR) is 78.5 cm³/mol. The quantitative estimate of drug-likeness (QED) is 0.789. The summed E-state index contributed by atoms with van der Waals surface area (Å²) in [6.07, 6.45) is 2.03. The summed E-state index contributed by atoms with van der Waals surface area (Å²) in [6, 6.07) is 4.52. The van der Waals surface area contributed by atoms with Crippen molar-refractivity contribution in [3.8, 4) is 0 Å². The first-order chi connectivity index (χ1) is 9.29. The molecule has 0 atom stereocenters. The summed E-state index contributed by atoms with van der Waals surface area (Å²) >= 11 is 0. The van der Waals surface area contributed by atoms with Crippen molar-refractivity contribution in [3.63, 3.8) is 0 Å². The van der Waals surface area contributed by atoms with Crippen molar-refractivity contribution in [3.05, 3.63) is 29.3 Å². The Balaban J connectivity index is 2.22. The van der Waals surface area contributed by atoms with E-state index in [4.69, 9.17) is 10.7 Å². The molecule has 1 heterocycles. The first-order valence-electron chi connectivity index (χ1n) is 6.63. The maximum Gasteiger partial charge on any atom is 0.261 e. The van der Waals surface area contributed by atoms with Gasteiger partial charge in [0, 0.05) is 29.3 Å². The first kappa shape index (κ1) is 15.3. The molecule has 0 saturated carbocycles. The van der Waals surface area contributed by atoms with Crippen LogP contribution in [-0.4, -0.2) is 32.3 Å². The minimum atomic E-state index is -3.76. The Morgan fingerprint density at radius 2 is 1.90 bits per heavy atom. The van der Waals surface area contributed by atoms with Crippen LogP contribution in [0.2, 0.25) is 0 Å². The van der Waals surface area contributed by atoms with E-state index in [1.54, 1.807) is 13.0 Å². The van der Waals surface area contributed by atoms with Gasteiger partial charge in [-0.2, -0.15) is 0 Å². The van der Waals surface area contributed by atoms with Crippen molar-refractivity contribution in [2.24, 2.45) is 5.92 Å². The zero-order valence-corrected chi connectivity index (χ0v) is 13.2. The summed E-state index contributed by atoms with van der Waals surface area (Å²) in [5.74, 6) is 0.614. The average Bonchev–Trinajstić information content (AvgIpc) is 2.37. The first-order valence-corrected chi connectivity index (χ1v) is 8.94. The summed E-state index contributed by atoms with van der Waals surface area (Å²) in [4.78, 5) is 14.2. The molecule has 0 bridgehead atoms. The van der Waals surface area contributed by atoms with E-state index in [1.165, 1.54) is 12.1 Å². The summed E-state index contributed by atoms with van der Waals surface area (Å²) < 4.78 is 22.7. The van der Waals surface area contributed by atoms with Gasteiger partial charge < -0.3 is 4.90 Å². The van der Waals surface area contributed by atoms with Gasteiger partial charge in [-0.1, -0.05) is 6.92 Å². The Kier molecular flexibility index (Phi) is 4.39. The van der Waals surface area contributed by atoms with Gasteiger partial charge in [-0.3, -0.25) is 4.79 Å². The van der Waals surface area contributed by atoms with Crippen LogP contribution in [0.25, 0.3) is 0 Å². The maximum absolute atomic E-state index is 12.4. The van der Waals surface area contributed by atoms with Crippen LogP contribution in [0.3, 0.4) is 0 Å². The van der Waals surface area contributed by atoms with Crippen LogP contribution >= 0.6 is 10.7 Å². The maximum atomic E-state index is 12.4. The number of benzene rings is 1. The van der Waals surface area contributed by atoms with Gasteiger partial charge in [0.15, 0.2) is 0 Å². The second kappa shape index (κ2) is 5.74. The molecule has 1 saturated heterocycles. The Hall–Kier alpha value is -1.07. The molecule has 1 aliphatic rings. The number of amides is 1. The molecule has 1 aromatic rings. The Labute approximate surface area is 124 Å². The fourth-order valence-electron chi connectivity index (χ4n) is 2.45. The van der Waals surface area contributed by atoms with Gasteiger partial charge in [-0.05, 0) is 49.4 Å². The number of rotatable bonds is 2. The topological polar surface area (TPSA) is 54.5 Å². The third kappa shape index (κ3) is 3.33. The van der Waals surface area contributed by atoms with E-state index in [0.717, 1.165) is 25.9 Å². The van der Waals surface area contributed by atoms with Crippen molar-refractivity contribution in [1.29, 1.82) is 0 Å². The highest BCUT2D eigenvalue weighted by atomic mass is 35.7. The zero-order chi connectivity index (χ0) is 14.9. The summed E-state index contributed by atoms with van der Waals surface area (Å²) in [7, 11) is 1.58. The van der Waals surface area contributed by atoms with Crippen LogP contribution in [0.5, 0.6) is 0 Å². The second-order valence-corrected chi connectivity index (χ2v) is 7.93. The average molecular weight is 316 g/mol. The van der Waals surface area contributed by atoms with Crippen molar-refractivity contribution in [2.75, 3.05) is 13.1 Å². The van der Waals surface area contributed by atoms with E-state index in [0.29, 0.717) is 17.0 Å². The molecule has 2 rings (SSSR count). The molecule has 110 valence electrons. The third-order valence-electron chi connectivity index (χ3n) is 3.76. The summed E-state index contributed by atoms with van der Waals surface area (Å²) in [5.41, 5.74) is 1.01. The molecule has 0 radical (unpaired) electrons. The van der Waals surface area contributed by atoms with Gasteiger partial charge in [0.2, 0.25) is 0 Å². The molecule has 1 amide bonds. The molecule has 0 aliphatic carbocycles. The van der Waals surface area contributed by atoms with Gasteiger partial charge in [0.1, 0.15) is 0 Å². The number of nitrogens with zero attached hydrogens (tertiary/aromatic N) is 1. The number of carbonyl (C=O) groups excluding carboxylic acids is 1. The van der Waals surface area contributed by atoms with Crippen LogP contribution in [-0.2, 0) is 9.05 Å². The lowest BCUT2D eigenvalue weighted by molar-refractivity contribution is 0.0697. The lowest BCUT2D eigenvalue weighted by atomic mass is 9.98. The van der Waals surface area contributed by atoms with Crippen molar-refractivity contribution >= 4 is 25.6 Å². The van der Waals surface area contributed by atoms with Crippen LogP contribution in [0, 0.1) is 12.8 Å². The lowest BCUT2D eigenvalue weighted by Gasteiger charge is -2.30. The van der Waals surface area contributed by atoms with Crippen molar-refractivity contribution in [2.45, 2.75) is 31.6 Å². The normalized spacial score (nSPS) is 17.2. The highest BCUT2D eigenvalue weighted by molar-refractivity contribution is 8.13. The molecular formula is C14H18ClNO3S. The highest BCUT2D eigenvalue weighted by Gasteiger charge is 2.22. The smallest absolute Gasteiger partial charge is 0.261 e. The molecule has 1 fully saturated rings. The largest absolute Gasteiger partial charge is 0.339 e. The molecule has 20 heavy (non-hydrogen) atoms. The van der Waals surface area contributed by atoms with Gasteiger partial charge in [0.25, 0.3) is 15.0 Å². The minimum Gasteiger partial charge on any atom is -0.339 e. The molecule has 0 N–H and O–H groups in total. The summed E-state index contributed by atoms with van der Waals surface area (Å²) in [6.45, 7) is 5.35. The van der Waals surface area contributed by atoms with E-state index < -0.39 is 9.05 Å². The molecule has 0 unspecified atom stereocenters. The van der Waals surface area contributed by atoms with Crippen LogP contribution < -0.4 is 0 Å². The molecule has 1 aromatic carbocycles. The number of likely N-dealkylation sites (tertiary alicyclic amines) is 1. The second-order valence-electron chi connectivity index (χ2n) is 5.39. The third-order valence-corrected chi connectivity index (χ3v) is 5.24. The van der Waals surface area contributed by atoms with Gasteiger partial charge >= 0.3 is 0 Å². The zero-order valence-electron chi connectivity index (χ0n) is 11.6. The number of aryl methyl sites for hydroxylation is 1. The molecule has 6 heteroatoms. The van der Waals surface area contributed by atoms with E-state index in [1.807, 2.05) is 4.90 Å². The van der Waals surface area contributed by atoms with E-state index >= 15 is 0 Å². The number of hydrogen-bond donors (Lipinski definition) is 0. The minimum absolute atomic E-state index is 0.0430. The number of piperidine rings is 1. The monoisotopic (exact) mass is 315 g/mol. The number of halogens is 1. The van der Waals surface area contributed by atoms with Crippen LogP contribution in [0.4, 0.5) is 0 Å². The van der Waals surface area contributed by atoms with Gasteiger partial charge in [-0.25, -0.2) is 8.42 Å². The van der Waals surface area contributed by atoms with E-state index in [9.17, 15) is 13.2 Å². The predicted octanol–water partition coefficient (Wildman–Crippen LogP) is 2.79. The van der Waals surface area contributed by atoms with Crippen molar-refractivity contribution < 1.29 is 13.2 Å². The van der Waals surface area contributed by atoms with Crippen LogP contribution in [0.15, 0.2) is 23.1 Å². The number of hydrogen-bond acceptors (Lipinski definition) is 3. The summed E-state index contributed by atoms with van der Waals surface area (Å²) in [5, 5.41) is 0. The molecule has 0 aromatic heterocycles. The SMILES string of the molecule is Cc1cc(C(=O)N2CCC(C)CC2)ccc1S(=O)(=O)Cl. The Morgan fingerprint density at radius 1 is 1.30 bits per heavy atom. The lowest BCUT2D eigenvalue weighted by Crippen LogP contribution is -2.37. The number of carbonyl (C=O) groups is 1. The molecule has 0 spiro atoms. The Bertz CT molecular complexity index is 619. The standard InChI is InChI=1S/C14H18ClNO3S/c1-10-5-7-16(8-6-10)14(17)12-3-4-13(11(2)9-12)20(15,18)19/h3-4,9-10H,5-8H2,1-2H3. The van der Waals surface area contributed by atoms with E-state index in [2.05, 4.69) is 6.92 Å². The fraction of sp³-hybridized carbons (Fsp3) is 0.500. The Morgan fingerprint density at radius 3 is 2.40 bits per heavy atom. The highest BCUT2D eigenvalue weighted by Crippen LogP contribution is 2.23. The van der Waals surface area contributed by atoms with Gasteiger partial charge in [0.05, 0.1) is 4.90 Å². The molecular weight excluding hydrogens is 298 g/mol. The fourth-order valence-corrected chi connectivity index (χ4v) is 3.64.